The predicted molar refractivity (Wildman–Crippen MR) is 96.4 cm³/mol. The maximum absolute atomic E-state index is 12.7. The van der Waals surface area contributed by atoms with Crippen LogP contribution in [0, 0.1) is 0 Å². The summed E-state index contributed by atoms with van der Waals surface area (Å²) in [7, 11) is -1.07. The van der Waals surface area contributed by atoms with Crippen LogP contribution in [0.4, 0.5) is 0 Å². The highest BCUT2D eigenvalue weighted by atomic mass is 79.9. The normalized spacial score (nSPS) is 11.8. The summed E-state index contributed by atoms with van der Waals surface area (Å²) in [6.07, 6.45) is 1.52. The van der Waals surface area contributed by atoms with E-state index in [1.54, 1.807) is 14.0 Å². The first-order valence-corrected chi connectivity index (χ1v) is 9.80. The molecule has 26 heavy (non-hydrogen) atoms. The third-order valence-corrected chi connectivity index (χ3v) is 6.36. The van der Waals surface area contributed by atoms with Crippen LogP contribution in [0.3, 0.4) is 0 Å². The van der Waals surface area contributed by atoms with E-state index in [1.807, 2.05) is 4.72 Å². The molecule has 0 aliphatic heterocycles. The Kier molecular flexibility index (Phi) is 4.53. The van der Waals surface area contributed by atoms with Gasteiger partial charge in [0.25, 0.3) is 15.9 Å². The summed E-state index contributed by atoms with van der Waals surface area (Å²) in [5, 5.41) is 3.66. The van der Waals surface area contributed by atoms with Gasteiger partial charge in [-0.25, -0.2) is 17.9 Å². The summed E-state index contributed by atoms with van der Waals surface area (Å²) in [6, 6.07) is 2.86. The largest absolute Gasteiger partial charge is 0.364 e. The van der Waals surface area contributed by atoms with Gasteiger partial charge in [0.2, 0.25) is 0 Å². The minimum Gasteiger partial charge on any atom is -0.364 e. The van der Waals surface area contributed by atoms with Crippen LogP contribution >= 0.6 is 15.9 Å². The Bertz CT molecular complexity index is 1190. The number of hydrogen-bond donors (Lipinski definition) is 1. The number of sulfonamides is 1. The van der Waals surface area contributed by atoms with Crippen LogP contribution in [0.15, 0.2) is 37.1 Å². The third kappa shape index (κ3) is 2.86. The lowest BCUT2D eigenvalue weighted by atomic mass is 10.2. The molecule has 2 aromatic heterocycles. The van der Waals surface area contributed by atoms with Crippen LogP contribution < -0.4 is 10.4 Å². The van der Waals surface area contributed by atoms with Gasteiger partial charge in [-0.3, -0.25) is 13.9 Å². The smallest absolute Gasteiger partial charge is 0.328 e. The van der Waals surface area contributed by atoms with Crippen molar-refractivity contribution in [2.45, 2.75) is 18.2 Å². The molecule has 0 unspecified atom stereocenters. The van der Waals surface area contributed by atoms with E-state index in [2.05, 4.69) is 21.1 Å². The van der Waals surface area contributed by atoms with Crippen LogP contribution in [0.1, 0.15) is 23.0 Å². The minimum absolute atomic E-state index is 0.0559. The van der Waals surface area contributed by atoms with E-state index >= 15 is 0 Å². The van der Waals surface area contributed by atoms with E-state index in [9.17, 15) is 18.0 Å². The van der Waals surface area contributed by atoms with Gasteiger partial charge in [0.05, 0.1) is 16.7 Å². The number of rotatable bonds is 4. The summed E-state index contributed by atoms with van der Waals surface area (Å²) >= 11 is 3.20. The van der Waals surface area contributed by atoms with E-state index in [4.69, 9.17) is 4.52 Å². The number of aromatic nitrogens is 3. The van der Waals surface area contributed by atoms with Crippen LogP contribution in [0.5, 0.6) is 0 Å². The zero-order valence-corrected chi connectivity index (χ0v) is 16.5. The molecule has 0 saturated heterocycles. The Morgan fingerprint density at radius 2 is 1.88 bits per heavy atom. The number of halogens is 1. The molecular formula is C15H15BrN4O5S. The Morgan fingerprint density at radius 1 is 1.27 bits per heavy atom. The summed E-state index contributed by atoms with van der Waals surface area (Å²) in [5.41, 5.74) is 1.11. The second kappa shape index (κ2) is 6.40. The fraction of sp³-hybridized carbons (Fsp3) is 0.267. The Hall–Kier alpha value is -2.40. The third-order valence-electron chi connectivity index (χ3n) is 4.07. The average Bonchev–Trinajstić information content (AvgIpc) is 3.14. The number of nitrogens with zero attached hydrogens (tertiary/aromatic N) is 3. The number of fused-ring (bicyclic) bond motifs is 1. The van der Waals surface area contributed by atoms with Crippen molar-refractivity contribution in [2.24, 2.45) is 14.1 Å². The van der Waals surface area contributed by atoms with Crippen molar-refractivity contribution < 1.29 is 17.7 Å². The number of aryl methyl sites for hydroxylation is 3. The van der Waals surface area contributed by atoms with E-state index in [0.717, 1.165) is 6.26 Å². The second-order valence-electron chi connectivity index (χ2n) is 5.64. The number of carbonyl (C=O) groups is 1. The molecule has 9 nitrogen and oxygen atoms in total. The molecule has 2 heterocycles. The average molecular weight is 443 g/mol. The number of carbonyl (C=O) groups excluding carboxylic acids is 1. The first-order valence-electron chi connectivity index (χ1n) is 7.52. The highest BCUT2D eigenvalue weighted by Crippen LogP contribution is 2.27. The predicted octanol–water partition coefficient (Wildman–Crippen LogP) is 1.31. The summed E-state index contributed by atoms with van der Waals surface area (Å²) in [6.45, 7) is 1.77. The molecule has 3 aromatic rings. The molecule has 0 atom stereocenters. The first-order chi connectivity index (χ1) is 12.2. The zero-order chi connectivity index (χ0) is 19.2. The lowest BCUT2D eigenvalue weighted by Crippen LogP contribution is -2.31. The Labute approximate surface area is 156 Å². The van der Waals surface area contributed by atoms with Gasteiger partial charge in [-0.2, -0.15) is 0 Å². The van der Waals surface area contributed by atoms with Gasteiger partial charge in [0, 0.05) is 18.6 Å². The lowest BCUT2D eigenvalue weighted by Gasteiger charge is -2.09. The van der Waals surface area contributed by atoms with Gasteiger partial charge >= 0.3 is 5.69 Å². The maximum atomic E-state index is 12.7. The van der Waals surface area contributed by atoms with Crippen molar-refractivity contribution in [1.82, 2.24) is 19.0 Å². The summed E-state index contributed by atoms with van der Waals surface area (Å²) < 4.78 is 35.1. The van der Waals surface area contributed by atoms with Crippen LogP contribution in [-0.4, -0.2) is 28.6 Å². The van der Waals surface area contributed by atoms with Gasteiger partial charge in [-0.1, -0.05) is 12.1 Å². The number of amides is 1. The van der Waals surface area contributed by atoms with Crippen molar-refractivity contribution in [3.63, 3.8) is 0 Å². The van der Waals surface area contributed by atoms with Gasteiger partial charge in [0.1, 0.15) is 16.7 Å². The molecule has 1 amide bonds. The van der Waals surface area contributed by atoms with Crippen molar-refractivity contribution >= 4 is 42.9 Å². The summed E-state index contributed by atoms with van der Waals surface area (Å²) in [4.78, 5) is 24.2. The molecule has 0 radical (unpaired) electrons. The summed E-state index contributed by atoms with van der Waals surface area (Å²) in [5.74, 6) is -0.836. The van der Waals surface area contributed by atoms with E-state index in [1.165, 1.54) is 28.3 Å². The number of nitrogens with one attached hydrogen (secondary N) is 1. The molecule has 0 bridgehead atoms. The highest BCUT2D eigenvalue weighted by Gasteiger charge is 2.25. The molecule has 1 aromatic carbocycles. The molecule has 0 aliphatic rings. The molecule has 11 heteroatoms. The quantitative estimate of drug-likeness (QED) is 0.650. The van der Waals surface area contributed by atoms with E-state index in [0.29, 0.717) is 23.1 Å². The zero-order valence-electron chi connectivity index (χ0n) is 14.1. The van der Waals surface area contributed by atoms with Gasteiger partial charge in [-0.15, -0.1) is 0 Å². The van der Waals surface area contributed by atoms with E-state index in [-0.39, 0.29) is 20.6 Å². The number of hydrogen-bond acceptors (Lipinski definition) is 6. The van der Waals surface area contributed by atoms with Crippen molar-refractivity contribution in [3.05, 3.63) is 44.6 Å². The Morgan fingerprint density at radius 3 is 2.50 bits per heavy atom. The second-order valence-corrected chi connectivity index (χ2v) is 8.14. The maximum Gasteiger partial charge on any atom is 0.328 e. The number of imidazole rings is 1. The molecule has 0 saturated carbocycles. The SMILES string of the molecule is CCc1nocc1C(=O)NS(=O)(=O)c1cc2c(cc1Br)n(C)c(=O)n2C. The van der Waals surface area contributed by atoms with E-state index < -0.39 is 15.9 Å². The van der Waals surface area contributed by atoms with Crippen LogP contribution in [0.2, 0.25) is 0 Å². The van der Waals surface area contributed by atoms with Gasteiger partial charge in [0.15, 0.2) is 0 Å². The van der Waals surface area contributed by atoms with Gasteiger partial charge < -0.3 is 4.52 Å². The molecule has 0 spiro atoms. The standard InChI is InChI=1S/C15H15BrN4O5S/c1-4-10-8(7-25-17-10)14(21)18-26(23,24)13-6-12-11(5-9(13)16)19(2)15(22)20(12)3/h5-7H,4H2,1-3H3,(H,18,21). The van der Waals surface area contributed by atoms with Crippen LogP contribution in [-0.2, 0) is 30.5 Å². The molecule has 0 fully saturated rings. The molecular weight excluding hydrogens is 428 g/mol. The fourth-order valence-corrected chi connectivity index (χ4v) is 4.65. The molecule has 0 aliphatic carbocycles. The number of benzene rings is 1. The first kappa shape index (κ1) is 18.4. The molecule has 1 N–H and O–H groups in total. The lowest BCUT2D eigenvalue weighted by molar-refractivity contribution is 0.0980. The Balaban J connectivity index is 2.07. The highest BCUT2D eigenvalue weighted by molar-refractivity contribution is 9.10. The van der Waals surface area contributed by atoms with Crippen LogP contribution in [0.25, 0.3) is 11.0 Å². The fourth-order valence-electron chi connectivity index (χ4n) is 2.64. The minimum atomic E-state index is -4.19. The monoisotopic (exact) mass is 442 g/mol. The van der Waals surface area contributed by atoms with Crippen molar-refractivity contribution in [1.29, 1.82) is 0 Å². The van der Waals surface area contributed by atoms with Crippen molar-refractivity contribution in [3.8, 4) is 0 Å². The molecule has 3 rings (SSSR count). The van der Waals surface area contributed by atoms with Crippen molar-refractivity contribution in [2.75, 3.05) is 0 Å². The van der Waals surface area contributed by atoms with Gasteiger partial charge in [-0.05, 0) is 34.5 Å². The topological polar surface area (TPSA) is 116 Å². The molecule has 138 valence electrons.